The van der Waals surface area contributed by atoms with Crippen LogP contribution in [0.5, 0.6) is 11.5 Å². The molecule has 7 atom stereocenters. The van der Waals surface area contributed by atoms with E-state index in [4.69, 9.17) is 24.2 Å². The van der Waals surface area contributed by atoms with Gasteiger partial charge in [0.2, 0.25) is 18.0 Å². The molecular formula is C42H53N3O10. The molecule has 2 aliphatic carbocycles. The minimum Gasteiger partial charge on any atom is -0.508 e. The number of carbonyl (C=O) groups is 1. The maximum Gasteiger partial charge on any atom is 0.269 e. The normalized spacial score (nSPS) is 27.8. The van der Waals surface area contributed by atoms with Crippen LogP contribution in [0.1, 0.15) is 81.3 Å². The molecule has 2 fully saturated rings. The summed E-state index contributed by atoms with van der Waals surface area (Å²) in [6.07, 6.45) is 13.8. The standard InChI is InChI=1S/C42H53N3O10/c1-3-23-53-42-37(44(2)38(49)20-15-28-13-16-30(17-14-28)45(50)51)27-35(43-55-39-12-6-9-24-52-39)33-25-29(10-4-7-21-46)32(11-5-8-22-47)40(41(33)42)34-26-31(48)18-19-36(34)54-42/h3,13-20,25-26,29,32,37,39-41,46-48H,1,4-12,21-24,27H2,2H3. The third-order valence-corrected chi connectivity index (χ3v) is 11.4. The summed E-state index contributed by atoms with van der Waals surface area (Å²) in [7, 11) is 1.70. The molecule has 6 rings (SSSR count). The van der Waals surface area contributed by atoms with Crippen LogP contribution in [0.25, 0.3) is 6.08 Å². The number of hydrogen-bond donors (Lipinski definition) is 3. The van der Waals surface area contributed by atoms with Crippen molar-refractivity contribution >= 4 is 23.4 Å². The molecule has 2 heterocycles. The number of likely N-dealkylation sites (N-methyl/N-ethyl adjacent to an activating group) is 1. The number of aliphatic hydroxyl groups is 2. The molecule has 0 aromatic heterocycles. The van der Waals surface area contributed by atoms with Crippen molar-refractivity contribution in [2.75, 3.05) is 33.5 Å². The third-order valence-electron chi connectivity index (χ3n) is 11.4. The number of rotatable bonds is 17. The number of ether oxygens (including phenoxy) is 3. The lowest BCUT2D eigenvalue weighted by molar-refractivity contribution is -0.384. The van der Waals surface area contributed by atoms with E-state index in [0.717, 1.165) is 49.7 Å². The number of aromatic hydroxyl groups is 1. The summed E-state index contributed by atoms with van der Waals surface area (Å²) >= 11 is 0. The third kappa shape index (κ3) is 8.80. The van der Waals surface area contributed by atoms with E-state index in [0.29, 0.717) is 42.9 Å². The molecule has 3 N–H and O–H groups in total. The van der Waals surface area contributed by atoms with E-state index >= 15 is 0 Å². The molecule has 7 unspecified atom stereocenters. The number of nitrogens with zero attached hydrogens (tertiary/aromatic N) is 3. The summed E-state index contributed by atoms with van der Waals surface area (Å²) in [5, 5.41) is 46.4. The maximum atomic E-state index is 14.2. The average Bonchev–Trinajstić information content (AvgIpc) is 3.20. The quantitative estimate of drug-likeness (QED) is 0.0522. The lowest BCUT2D eigenvalue weighted by atomic mass is 9.55. The Morgan fingerprint density at radius 1 is 1.11 bits per heavy atom. The Morgan fingerprint density at radius 3 is 2.56 bits per heavy atom. The van der Waals surface area contributed by atoms with Crippen LogP contribution in [0.15, 0.2) is 78.0 Å². The van der Waals surface area contributed by atoms with Gasteiger partial charge in [-0.2, -0.15) is 0 Å². The highest BCUT2D eigenvalue weighted by Crippen LogP contribution is 2.61. The van der Waals surface area contributed by atoms with Crippen LogP contribution in [-0.4, -0.2) is 88.4 Å². The summed E-state index contributed by atoms with van der Waals surface area (Å²) in [6.45, 7) is 4.81. The van der Waals surface area contributed by atoms with Gasteiger partial charge in [0.1, 0.15) is 17.5 Å². The van der Waals surface area contributed by atoms with Gasteiger partial charge in [-0.25, -0.2) is 0 Å². The monoisotopic (exact) mass is 759 g/mol. The number of amides is 1. The first kappa shape index (κ1) is 40.1. The lowest BCUT2D eigenvalue weighted by Crippen LogP contribution is -2.69. The molecule has 55 heavy (non-hydrogen) atoms. The number of aliphatic hydroxyl groups excluding tert-OH is 2. The number of benzene rings is 2. The number of non-ortho nitro benzene ring substituents is 1. The Balaban J connectivity index is 1.49. The predicted molar refractivity (Wildman–Crippen MR) is 206 cm³/mol. The second kappa shape index (κ2) is 18.4. The molecule has 2 aromatic rings. The molecule has 296 valence electrons. The zero-order chi connectivity index (χ0) is 39.0. The van der Waals surface area contributed by atoms with E-state index in [9.17, 15) is 30.2 Å². The average molecular weight is 760 g/mol. The van der Waals surface area contributed by atoms with Crippen molar-refractivity contribution in [1.29, 1.82) is 0 Å². The van der Waals surface area contributed by atoms with Gasteiger partial charge in [-0.15, -0.1) is 6.58 Å². The van der Waals surface area contributed by atoms with Gasteiger partial charge in [-0.05, 0) is 97.9 Å². The highest BCUT2D eigenvalue weighted by molar-refractivity contribution is 6.03. The Labute approximate surface area is 322 Å². The number of allylic oxidation sites excluding steroid dienone is 1. The Kier molecular flexibility index (Phi) is 13.4. The minimum atomic E-state index is -1.42. The van der Waals surface area contributed by atoms with Gasteiger partial charge in [0.05, 0.1) is 29.8 Å². The van der Waals surface area contributed by atoms with Crippen LogP contribution in [0, 0.1) is 27.9 Å². The fourth-order valence-corrected chi connectivity index (χ4v) is 8.80. The van der Waals surface area contributed by atoms with Crippen molar-refractivity contribution < 1.29 is 44.1 Å². The van der Waals surface area contributed by atoms with Crippen LogP contribution in [0.4, 0.5) is 5.69 Å². The molecule has 0 spiro atoms. The molecular weight excluding hydrogens is 706 g/mol. The molecule has 1 saturated heterocycles. The van der Waals surface area contributed by atoms with Crippen LogP contribution < -0.4 is 4.74 Å². The first-order chi connectivity index (χ1) is 26.7. The number of nitro groups is 1. The predicted octanol–water partition coefficient (Wildman–Crippen LogP) is 6.63. The lowest BCUT2D eigenvalue weighted by Gasteiger charge is -2.59. The highest BCUT2D eigenvalue weighted by Gasteiger charge is 2.65. The zero-order valence-electron chi connectivity index (χ0n) is 31.5. The van der Waals surface area contributed by atoms with Gasteiger partial charge in [-0.1, -0.05) is 30.1 Å². The second-order valence-electron chi connectivity index (χ2n) is 14.8. The fraction of sp³-hybridized carbons (Fsp3) is 0.524. The molecule has 13 nitrogen and oxygen atoms in total. The van der Waals surface area contributed by atoms with Gasteiger partial charge in [0, 0.05) is 62.8 Å². The number of hydrogen-bond acceptors (Lipinski definition) is 11. The van der Waals surface area contributed by atoms with Gasteiger partial charge < -0.3 is 39.3 Å². The summed E-state index contributed by atoms with van der Waals surface area (Å²) in [5.74, 6) is -1.79. The fourth-order valence-electron chi connectivity index (χ4n) is 8.80. The number of phenols is 1. The number of carbonyl (C=O) groups excluding carboxylic acids is 1. The van der Waals surface area contributed by atoms with Crippen molar-refractivity contribution in [3.05, 3.63) is 94.1 Å². The number of oxime groups is 1. The summed E-state index contributed by atoms with van der Waals surface area (Å²) in [6, 6.07) is 10.3. The molecule has 4 aliphatic rings. The molecule has 0 bridgehead atoms. The molecule has 2 aromatic carbocycles. The van der Waals surface area contributed by atoms with Crippen molar-refractivity contribution in [1.82, 2.24) is 4.90 Å². The van der Waals surface area contributed by atoms with E-state index in [1.165, 1.54) is 18.2 Å². The smallest absolute Gasteiger partial charge is 0.269 e. The molecule has 2 aliphatic heterocycles. The van der Waals surface area contributed by atoms with Crippen molar-refractivity contribution in [3.63, 3.8) is 0 Å². The van der Waals surface area contributed by atoms with E-state index < -0.39 is 29.0 Å². The van der Waals surface area contributed by atoms with Crippen molar-refractivity contribution in [2.24, 2.45) is 22.9 Å². The molecule has 1 saturated carbocycles. The topological polar surface area (TPSA) is 173 Å². The summed E-state index contributed by atoms with van der Waals surface area (Å²) in [5.41, 5.74) is 2.95. The van der Waals surface area contributed by atoms with Gasteiger partial charge >= 0.3 is 0 Å². The van der Waals surface area contributed by atoms with Crippen LogP contribution >= 0.6 is 0 Å². The van der Waals surface area contributed by atoms with Crippen LogP contribution in [-0.2, 0) is 19.1 Å². The van der Waals surface area contributed by atoms with Crippen LogP contribution in [0.3, 0.4) is 0 Å². The highest BCUT2D eigenvalue weighted by atomic mass is 16.8. The Hall–Kier alpha value is -4.56. The number of unbranched alkanes of at least 4 members (excludes halogenated alkanes) is 2. The van der Waals surface area contributed by atoms with E-state index in [1.54, 1.807) is 54.4 Å². The summed E-state index contributed by atoms with van der Waals surface area (Å²) in [4.78, 5) is 32.6. The molecule has 0 radical (unpaired) electrons. The zero-order valence-corrected chi connectivity index (χ0v) is 31.5. The van der Waals surface area contributed by atoms with Gasteiger partial charge in [0.25, 0.3) is 5.69 Å². The van der Waals surface area contributed by atoms with E-state index in [2.05, 4.69) is 12.7 Å². The largest absolute Gasteiger partial charge is 0.508 e. The number of phenolic OH excluding ortho intramolecular Hbond substituents is 1. The SMILES string of the molecule is C=CCOC12Oc3ccc(O)cc3C3C(CCCCO)C(CCCCO)C=C(C(=NOC4CCCCO4)CC1N(C)C(=O)C=Cc1ccc([N+](=O)[O-])cc1)C32. The van der Waals surface area contributed by atoms with E-state index in [1.807, 2.05) is 0 Å². The maximum absolute atomic E-state index is 14.2. The molecule has 13 heteroatoms. The number of nitro benzene ring substituents is 1. The van der Waals surface area contributed by atoms with Crippen molar-refractivity contribution in [2.45, 2.75) is 88.2 Å². The van der Waals surface area contributed by atoms with Gasteiger partial charge in [-0.3, -0.25) is 14.9 Å². The van der Waals surface area contributed by atoms with E-state index in [-0.39, 0.29) is 61.3 Å². The minimum absolute atomic E-state index is 0.0285. The van der Waals surface area contributed by atoms with Crippen LogP contribution in [0.2, 0.25) is 0 Å². The second-order valence-corrected chi connectivity index (χ2v) is 14.8. The first-order valence-corrected chi connectivity index (χ1v) is 19.4. The van der Waals surface area contributed by atoms with Gasteiger partial charge in [0.15, 0.2) is 0 Å². The Bertz CT molecular complexity index is 1750. The van der Waals surface area contributed by atoms with Crippen molar-refractivity contribution in [3.8, 4) is 11.5 Å². The Morgan fingerprint density at radius 2 is 1.87 bits per heavy atom. The number of fused-ring (bicyclic) bond motifs is 2. The molecule has 1 amide bonds. The summed E-state index contributed by atoms with van der Waals surface area (Å²) < 4.78 is 19.8. The first-order valence-electron chi connectivity index (χ1n) is 19.4.